The maximum atomic E-state index is 12.0. The van der Waals surface area contributed by atoms with E-state index in [4.69, 9.17) is 17.7 Å². The van der Waals surface area contributed by atoms with Crippen LogP contribution in [0, 0.1) is 5.41 Å². The van der Waals surface area contributed by atoms with Gasteiger partial charge in [-0.1, -0.05) is 20.8 Å². The fourth-order valence-corrected chi connectivity index (χ4v) is 6.24. The number of methoxy groups -OCH3 is 1. The van der Waals surface area contributed by atoms with Gasteiger partial charge < -0.3 is 13.2 Å². The Hall–Kier alpha value is 0.214. The maximum absolute atomic E-state index is 12.0. The largest absolute Gasteiger partial charge is 0.467 e. The molecule has 0 bridgehead atoms. The highest BCUT2D eigenvalue weighted by atomic mass is 31.2. The summed E-state index contributed by atoms with van der Waals surface area (Å²) in [6.45, 7) is 18.2. The summed E-state index contributed by atoms with van der Waals surface area (Å²) in [5.74, 6) is -0.395. The van der Waals surface area contributed by atoms with Crippen molar-refractivity contribution < 1.29 is 22.5 Å². The zero-order chi connectivity index (χ0) is 17.1. The van der Waals surface area contributed by atoms with Crippen molar-refractivity contribution in [3.63, 3.8) is 0 Å². The Balaban J connectivity index is 5.18. The first-order valence-corrected chi connectivity index (χ1v) is 15.0. The van der Waals surface area contributed by atoms with Crippen LogP contribution < -0.4 is 0 Å². The molecule has 1 unspecified atom stereocenters. The number of rotatable bonds is 7. The molecule has 0 aromatic heterocycles. The van der Waals surface area contributed by atoms with Crippen LogP contribution in [-0.4, -0.2) is 35.8 Å². The molecule has 0 heterocycles. The van der Waals surface area contributed by atoms with Crippen LogP contribution in [0.15, 0.2) is 0 Å². The lowest BCUT2D eigenvalue weighted by atomic mass is 9.89. The molecule has 21 heavy (non-hydrogen) atoms. The monoisotopic (exact) mass is 354 g/mol. The van der Waals surface area contributed by atoms with Crippen molar-refractivity contribution in [3.05, 3.63) is 0 Å². The molecule has 0 aliphatic carbocycles. The number of hydrogen-bond donors (Lipinski definition) is 0. The summed E-state index contributed by atoms with van der Waals surface area (Å²) in [6, 6.07) is 0. The van der Waals surface area contributed by atoms with Gasteiger partial charge in [0.1, 0.15) is 0 Å². The number of ether oxygens (including phenoxy) is 1. The first kappa shape index (κ1) is 21.2. The minimum Gasteiger partial charge on any atom is -0.467 e. The second-order valence-corrected chi connectivity index (χ2v) is 18.6. The van der Waals surface area contributed by atoms with Crippen LogP contribution in [0.5, 0.6) is 0 Å². The van der Waals surface area contributed by atoms with E-state index < -0.39 is 37.3 Å². The summed E-state index contributed by atoms with van der Waals surface area (Å²) in [7, 11) is -3.87. The molecule has 0 aromatic carbocycles. The van der Waals surface area contributed by atoms with Gasteiger partial charge in [-0.2, -0.15) is 0 Å². The summed E-state index contributed by atoms with van der Waals surface area (Å²) in [5, 5.41) is 0. The van der Waals surface area contributed by atoms with Crippen molar-refractivity contribution in [1.82, 2.24) is 0 Å². The Morgan fingerprint density at radius 2 is 1.33 bits per heavy atom. The number of carbonyl (C=O) groups excluding carboxylic acids is 1. The summed E-state index contributed by atoms with van der Waals surface area (Å²) in [5.41, 5.74) is -0.390. The summed E-state index contributed by atoms with van der Waals surface area (Å²) < 4.78 is 22.8. The molecule has 5 nitrogen and oxygen atoms in total. The highest BCUT2D eigenvalue weighted by Gasteiger charge is 2.39. The molecule has 8 heteroatoms. The molecule has 0 saturated carbocycles. The van der Waals surface area contributed by atoms with Gasteiger partial charge in [0.15, 0.2) is 22.7 Å². The van der Waals surface area contributed by atoms with E-state index in [1.54, 1.807) is 0 Å². The second kappa shape index (κ2) is 7.66. The standard InChI is InChI=1S/C13H31O5PSi2/c1-13(2,3)11(12(14)15-4)16-19(17-20(5,6)7)18-21(8,9)10/h11H,1-10H3. The second-order valence-electron chi connectivity index (χ2n) is 8.01. The number of carbonyl (C=O) groups is 1. The fourth-order valence-electron chi connectivity index (χ4n) is 1.26. The Bertz CT molecular complexity index is 328. The van der Waals surface area contributed by atoms with Crippen LogP contribution in [0.2, 0.25) is 39.3 Å². The summed E-state index contributed by atoms with van der Waals surface area (Å²) >= 11 is 0. The van der Waals surface area contributed by atoms with Crippen molar-refractivity contribution in [1.29, 1.82) is 0 Å². The lowest BCUT2D eigenvalue weighted by Gasteiger charge is -2.35. The van der Waals surface area contributed by atoms with Crippen molar-refractivity contribution in [2.75, 3.05) is 7.11 Å². The minimum atomic E-state index is -1.84. The van der Waals surface area contributed by atoms with E-state index in [-0.39, 0.29) is 5.41 Å². The topological polar surface area (TPSA) is 54.0 Å². The fraction of sp³-hybridized carbons (Fsp3) is 0.923. The van der Waals surface area contributed by atoms with E-state index in [1.165, 1.54) is 7.11 Å². The predicted octanol–water partition coefficient (Wildman–Crippen LogP) is 4.52. The van der Waals surface area contributed by atoms with Crippen molar-refractivity contribution in [3.8, 4) is 0 Å². The van der Waals surface area contributed by atoms with Gasteiger partial charge in [-0.3, -0.25) is 4.52 Å². The normalized spacial score (nSPS) is 15.2. The third kappa shape index (κ3) is 9.76. The molecule has 0 saturated heterocycles. The Labute approximate surface area is 133 Å². The van der Waals surface area contributed by atoms with E-state index in [9.17, 15) is 4.79 Å². The van der Waals surface area contributed by atoms with Crippen LogP contribution in [-0.2, 0) is 22.5 Å². The SMILES string of the molecule is COC(=O)C(OP(O[Si](C)(C)C)O[Si](C)(C)C)C(C)(C)C. The van der Waals surface area contributed by atoms with Gasteiger partial charge in [0.05, 0.1) is 7.11 Å². The predicted molar refractivity (Wildman–Crippen MR) is 92.1 cm³/mol. The van der Waals surface area contributed by atoms with Gasteiger partial charge in [-0.05, 0) is 44.7 Å². The lowest BCUT2D eigenvalue weighted by Crippen LogP contribution is -2.38. The van der Waals surface area contributed by atoms with E-state index in [0.717, 1.165) is 0 Å². The van der Waals surface area contributed by atoms with Gasteiger partial charge in [-0.15, -0.1) is 0 Å². The molecule has 0 aliphatic heterocycles. The van der Waals surface area contributed by atoms with Crippen LogP contribution in [0.1, 0.15) is 20.8 Å². The first-order valence-electron chi connectivity index (χ1n) is 7.09. The molecular weight excluding hydrogens is 323 g/mol. The number of esters is 1. The summed E-state index contributed by atoms with van der Waals surface area (Å²) in [6.07, 6.45) is -0.707. The average Bonchev–Trinajstić information content (AvgIpc) is 2.18. The van der Waals surface area contributed by atoms with E-state index in [1.807, 2.05) is 20.8 Å². The third-order valence-corrected chi connectivity index (χ3v) is 8.05. The van der Waals surface area contributed by atoms with Gasteiger partial charge in [-0.25, -0.2) is 4.79 Å². The molecule has 126 valence electrons. The van der Waals surface area contributed by atoms with Crippen LogP contribution in [0.4, 0.5) is 0 Å². The Morgan fingerprint density at radius 3 is 1.57 bits per heavy atom. The highest BCUT2D eigenvalue weighted by Crippen LogP contribution is 2.48. The van der Waals surface area contributed by atoms with E-state index in [2.05, 4.69) is 39.3 Å². The van der Waals surface area contributed by atoms with Gasteiger partial charge in [0.2, 0.25) is 0 Å². The van der Waals surface area contributed by atoms with Gasteiger partial charge in [0, 0.05) is 0 Å². The van der Waals surface area contributed by atoms with Gasteiger partial charge in [0.25, 0.3) is 0 Å². The highest BCUT2D eigenvalue weighted by molar-refractivity contribution is 7.45. The molecule has 0 aliphatic rings. The average molecular weight is 355 g/mol. The molecule has 1 atom stereocenters. The number of hydrogen-bond acceptors (Lipinski definition) is 5. The van der Waals surface area contributed by atoms with Crippen molar-refractivity contribution >= 4 is 31.2 Å². The maximum Gasteiger partial charge on any atom is 0.336 e. The molecule has 0 fully saturated rings. The third-order valence-electron chi connectivity index (χ3n) is 2.09. The quantitative estimate of drug-likeness (QED) is 0.382. The van der Waals surface area contributed by atoms with Crippen LogP contribution in [0.25, 0.3) is 0 Å². The molecule has 0 radical (unpaired) electrons. The molecular formula is C13H31O5PSi2. The molecule has 0 aromatic rings. The first-order chi connectivity index (χ1) is 9.15. The van der Waals surface area contributed by atoms with Gasteiger partial charge >= 0.3 is 14.6 Å². The molecule has 0 amide bonds. The smallest absolute Gasteiger partial charge is 0.336 e. The minimum absolute atomic E-state index is 0.390. The van der Waals surface area contributed by atoms with E-state index >= 15 is 0 Å². The lowest BCUT2D eigenvalue weighted by molar-refractivity contribution is -0.154. The van der Waals surface area contributed by atoms with Crippen molar-refractivity contribution in [2.45, 2.75) is 66.2 Å². The van der Waals surface area contributed by atoms with E-state index in [0.29, 0.717) is 0 Å². The van der Waals surface area contributed by atoms with Crippen LogP contribution in [0.3, 0.4) is 0 Å². The Morgan fingerprint density at radius 1 is 0.952 bits per heavy atom. The zero-order valence-electron chi connectivity index (χ0n) is 15.1. The molecule has 0 rings (SSSR count). The molecule has 0 N–H and O–H groups in total. The molecule has 0 spiro atoms. The summed E-state index contributed by atoms with van der Waals surface area (Å²) in [4.78, 5) is 12.0. The Kier molecular flexibility index (Phi) is 7.74. The van der Waals surface area contributed by atoms with Crippen molar-refractivity contribution in [2.24, 2.45) is 5.41 Å². The van der Waals surface area contributed by atoms with Crippen LogP contribution >= 0.6 is 8.60 Å². The zero-order valence-corrected chi connectivity index (χ0v) is 18.0.